The number of hydrogen-bond acceptors (Lipinski definition) is 2. The normalized spacial score (nSPS) is 20.0. The van der Waals surface area contributed by atoms with Gasteiger partial charge in [0.2, 0.25) is 5.91 Å². The lowest BCUT2D eigenvalue weighted by Gasteiger charge is -2.37. The number of rotatable bonds is 2. The molecule has 0 spiro atoms. The van der Waals surface area contributed by atoms with E-state index in [1.807, 2.05) is 0 Å². The Bertz CT molecular complexity index is 493. The van der Waals surface area contributed by atoms with E-state index in [2.05, 4.69) is 5.32 Å². The summed E-state index contributed by atoms with van der Waals surface area (Å²) in [4.78, 5) is 13.1. The molecular formula is C13H14ClF3N2O. The summed E-state index contributed by atoms with van der Waals surface area (Å²) in [6, 6.07) is 6.42. The van der Waals surface area contributed by atoms with Crippen LogP contribution in [0.3, 0.4) is 0 Å². The van der Waals surface area contributed by atoms with Crippen LogP contribution in [0.4, 0.5) is 13.2 Å². The molecule has 1 atom stereocenters. The van der Waals surface area contributed by atoms with Gasteiger partial charge < -0.3 is 10.2 Å². The van der Waals surface area contributed by atoms with Crippen molar-refractivity contribution >= 4 is 17.5 Å². The van der Waals surface area contributed by atoms with Gasteiger partial charge in [-0.2, -0.15) is 13.2 Å². The summed E-state index contributed by atoms with van der Waals surface area (Å²) in [5.41, 5.74) is 0.664. The number of amides is 1. The van der Waals surface area contributed by atoms with Crippen molar-refractivity contribution in [3.63, 3.8) is 0 Å². The van der Waals surface area contributed by atoms with Crippen LogP contribution in [0.5, 0.6) is 0 Å². The van der Waals surface area contributed by atoms with Gasteiger partial charge in [-0.3, -0.25) is 4.79 Å². The maximum atomic E-state index is 12.4. The molecule has 1 amide bonds. The van der Waals surface area contributed by atoms with E-state index in [9.17, 15) is 18.0 Å². The summed E-state index contributed by atoms with van der Waals surface area (Å²) >= 11 is 6.07. The van der Waals surface area contributed by atoms with Crippen LogP contribution in [0.15, 0.2) is 24.3 Å². The first-order valence-corrected chi connectivity index (χ1v) is 6.57. The van der Waals surface area contributed by atoms with Crippen LogP contribution < -0.4 is 5.32 Å². The number of piperazine rings is 1. The first-order valence-electron chi connectivity index (χ1n) is 6.20. The minimum absolute atomic E-state index is 0.241. The van der Waals surface area contributed by atoms with Gasteiger partial charge in [0.1, 0.15) is 6.42 Å². The quantitative estimate of drug-likeness (QED) is 0.911. The van der Waals surface area contributed by atoms with E-state index in [1.54, 1.807) is 24.3 Å². The highest BCUT2D eigenvalue weighted by atomic mass is 35.5. The maximum absolute atomic E-state index is 12.4. The van der Waals surface area contributed by atoms with E-state index < -0.39 is 24.5 Å². The third kappa shape index (κ3) is 3.64. The fourth-order valence-electron chi connectivity index (χ4n) is 2.30. The van der Waals surface area contributed by atoms with Crippen LogP contribution in [0.2, 0.25) is 5.02 Å². The third-order valence-electron chi connectivity index (χ3n) is 3.18. The second kappa shape index (κ2) is 6.01. The minimum Gasteiger partial charge on any atom is -0.333 e. The molecule has 1 aliphatic heterocycles. The highest BCUT2D eigenvalue weighted by Crippen LogP contribution is 2.30. The zero-order valence-corrected chi connectivity index (χ0v) is 11.3. The number of hydrogen-bond donors (Lipinski definition) is 1. The zero-order valence-electron chi connectivity index (χ0n) is 10.6. The van der Waals surface area contributed by atoms with Gasteiger partial charge in [0.25, 0.3) is 0 Å². The van der Waals surface area contributed by atoms with Crippen molar-refractivity contribution in [2.24, 2.45) is 0 Å². The van der Waals surface area contributed by atoms with E-state index in [0.29, 0.717) is 23.7 Å². The zero-order chi connectivity index (χ0) is 14.8. The van der Waals surface area contributed by atoms with Crippen molar-refractivity contribution < 1.29 is 18.0 Å². The summed E-state index contributed by atoms with van der Waals surface area (Å²) in [6.07, 6.45) is -5.93. The Hall–Kier alpha value is -1.27. The number of benzene rings is 1. The Kier molecular flexibility index (Phi) is 4.55. The molecule has 1 unspecified atom stereocenters. The van der Waals surface area contributed by atoms with E-state index in [0.717, 1.165) is 0 Å². The molecule has 0 aliphatic carbocycles. The van der Waals surface area contributed by atoms with Gasteiger partial charge >= 0.3 is 6.18 Å². The van der Waals surface area contributed by atoms with Crippen LogP contribution in [0.1, 0.15) is 18.0 Å². The molecule has 1 fully saturated rings. The molecule has 0 radical (unpaired) electrons. The highest BCUT2D eigenvalue weighted by molar-refractivity contribution is 6.31. The second-order valence-corrected chi connectivity index (χ2v) is 5.03. The predicted octanol–water partition coefficient (Wildman–Crippen LogP) is 2.77. The molecule has 1 aliphatic rings. The summed E-state index contributed by atoms with van der Waals surface area (Å²) in [6.45, 7) is 1.11. The van der Waals surface area contributed by atoms with Gasteiger partial charge in [-0.05, 0) is 11.6 Å². The molecule has 0 bridgehead atoms. The lowest BCUT2D eigenvalue weighted by atomic mass is 10.0. The summed E-state index contributed by atoms with van der Waals surface area (Å²) in [5, 5.41) is 3.52. The van der Waals surface area contributed by atoms with Gasteiger partial charge in [-0.15, -0.1) is 0 Å². The molecule has 1 aromatic carbocycles. The van der Waals surface area contributed by atoms with Crippen molar-refractivity contribution in [2.75, 3.05) is 19.6 Å². The van der Waals surface area contributed by atoms with Crippen molar-refractivity contribution in [2.45, 2.75) is 18.6 Å². The van der Waals surface area contributed by atoms with Crippen molar-refractivity contribution in [1.29, 1.82) is 0 Å². The Labute approximate surface area is 119 Å². The number of carbonyl (C=O) groups is 1. The van der Waals surface area contributed by atoms with Crippen LogP contribution in [-0.2, 0) is 4.79 Å². The molecule has 20 heavy (non-hydrogen) atoms. The molecule has 1 heterocycles. The Morgan fingerprint density at radius 2 is 2.10 bits per heavy atom. The molecular weight excluding hydrogens is 293 g/mol. The highest BCUT2D eigenvalue weighted by Gasteiger charge is 2.37. The van der Waals surface area contributed by atoms with Gasteiger partial charge in [-0.1, -0.05) is 29.8 Å². The molecule has 110 valence electrons. The standard InChI is InChI=1S/C13H14ClF3N2O/c14-10-4-2-1-3-9(10)11-8-18-5-6-19(11)12(20)7-13(15,16)17/h1-4,11,18H,5-8H2. The Morgan fingerprint density at radius 3 is 2.75 bits per heavy atom. The number of carbonyl (C=O) groups excluding carboxylic acids is 1. The van der Waals surface area contributed by atoms with E-state index in [-0.39, 0.29) is 6.54 Å². The lowest BCUT2D eigenvalue weighted by Crippen LogP contribution is -2.49. The fourth-order valence-corrected chi connectivity index (χ4v) is 2.56. The van der Waals surface area contributed by atoms with Crippen molar-refractivity contribution in [3.8, 4) is 0 Å². The SMILES string of the molecule is O=C(CC(F)(F)F)N1CCNCC1c1ccccc1Cl. The van der Waals surface area contributed by atoms with Crippen LogP contribution in [0.25, 0.3) is 0 Å². The molecule has 1 N–H and O–H groups in total. The second-order valence-electron chi connectivity index (χ2n) is 4.62. The molecule has 3 nitrogen and oxygen atoms in total. The number of nitrogens with zero attached hydrogens (tertiary/aromatic N) is 1. The predicted molar refractivity (Wildman–Crippen MR) is 69.4 cm³/mol. The molecule has 7 heteroatoms. The van der Waals surface area contributed by atoms with E-state index in [1.165, 1.54) is 4.90 Å². The topological polar surface area (TPSA) is 32.3 Å². The molecule has 1 saturated heterocycles. The van der Waals surface area contributed by atoms with Gasteiger partial charge in [0.05, 0.1) is 6.04 Å². The average Bonchev–Trinajstić information content (AvgIpc) is 2.37. The molecule has 2 rings (SSSR count). The van der Waals surface area contributed by atoms with Crippen LogP contribution in [-0.4, -0.2) is 36.6 Å². The van der Waals surface area contributed by atoms with Gasteiger partial charge in [0.15, 0.2) is 0 Å². The number of alkyl halides is 3. The average molecular weight is 307 g/mol. The molecule has 1 aromatic rings. The molecule has 0 aromatic heterocycles. The first kappa shape index (κ1) is 15.1. The first-order chi connectivity index (χ1) is 9.38. The Balaban J connectivity index is 2.22. The number of nitrogens with one attached hydrogen (secondary N) is 1. The van der Waals surface area contributed by atoms with Crippen LogP contribution in [0, 0.1) is 0 Å². The lowest BCUT2D eigenvalue weighted by molar-refractivity contribution is -0.163. The van der Waals surface area contributed by atoms with E-state index in [4.69, 9.17) is 11.6 Å². The largest absolute Gasteiger partial charge is 0.397 e. The van der Waals surface area contributed by atoms with Gasteiger partial charge in [-0.25, -0.2) is 0 Å². The van der Waals surface area contributed by atoms with Crippen LogP contribution >= 0.6 is 11.6 Å². The summed E-state index contributed by atoms with van der Waals surface area (Å²) in [7, 11) is 0. The third-order valence-corrected chi connectivity index (χ3v) is 3.52. The number of halogens is 4. The van der Waals surface area contributed by atoms with Gasteiger partial charge in [0, 0.05) is 24.7 Å². The van der Waals surface area contributed by atoms with E-state index >= 15 is 0 Å². The maximum Gasteiger partial charge on any atom is 0.397 e. The summed E-state index contributed by atoms with van der Waals surface area (Å²) in [5.74, 6) is -0.913. The van der Waals surface area contributed by atoms with Crippen molar-refractivity contribution in [1.82, 2.24) is 10.2 Å². The fraction of sp³-hybridized carbons (Fsp3) is 0.462. The molecule has 0 saturated carbocycles. The summed E-state index contributed by atoms with van der Waals surface area (Å²) < 4.78 is 37.1. The minimum atomic E-state index is -4.49. The Morgan fingerprint density at radius 1 is 1.40 bits per heavy atom. The monoisotopic (exact) mass is 306 g/mol. The van der Waals surface area contributed by atoms with Crippen molar-refractivity contribution in [3.05, 3.63) is 34.9 Å². The smallest absolute Gasteiger partial charge is 0.333 e.